The number of nitrogens with zero attached hydrogens (tertiary/aromatic N) is 3. The topological polar surface area (TPSA) is 59.3 Å². The Balaban J connectivity index is 1.44. The largest absolute Gasteiger partial charge is 0.355 e. The Hall–Kier alpha value is -2.40. The first-order valence-corrected chi connectivity index (χ1v) is 8.90. The second-order valence-corrected chi connectivity index (χ2v) is 6.93. The minimum atomic E-state index is -0.433. The monoisotopic (exact) mass is 354 g/mol. The SMILES string of the molecule is O=C(NCCc1nnc2ccccn12)C1(c2cccc(Cl)c2)CCC1. The molecule has 1 N–H and O–H groups in total. The molecule has 1 amide bonds. The Morgan fingerprint density at radius 2 is 2.08 bits per heavy atom. The first-order valence-electron chi connectivity index (χ1n) is 8.52. The Labute approximate surface area is 151 Å². The lowest BCUT2D eigenvalue weighted by atomic mass is 9.64. The zero-order valence-electron chi connectivity index (χ0n) is 13.8. The van der Waals surface area contributed by atoms with E-state index < -0.39 is 5.41 Å². The van der Waals surface area contributed by atoms with Crippen LogP contribution in [0.1, 0.15) is 30.7 Å². The number of pyridine rings is 1. The first kappa shape index (κ1) is 16.1. The minimum Gasteiger partial charge on any atom is -0.355 e. The van der Waals surface area contributed by atoms with Crippen molar-refractivity contribution in [2.24, 2.45) is 0 Å². The van der Waals surface area contributed by atoms with Crippen molar-refractivity contribution in [1.29, 1.82) is 0 Å². The minimum absolute atomic E-state index is 0.0786. The fourth-order valence-electron chi connectivity index (χ4n) is 3.48. The van der Waals surface area contributed by atoms with Crippen LogP contribution >= 0.6 is 11.6 Å². The van der Waals surface area contributed by atoms with E-state index in [-0.39, 0.29) is 5.91 Å². The van der Waals surface area contributed by atoms with Crippen molar-refractivity contribution in [1.82, 2.24) is 19.9 Å². The Kier molecular flexibility index (Phi) is 4.17. The van der Waals surface area contributed by atoms with Crippen molar-refractivity contribution in [2.75, 3.05) is 6.54 Å². The van der Waals surface area contributed by atoms with Gasteiger partial charge in [-0.25, -0.2) is 0 Å². The number of fused-ring (bicyclic) bond motifs is 1. The molecule has 0 aliphatic heterocycles. The van der Waals surface area contributed by atoms with E-state index in [4.69, 9.17) is 11.6 Å². The van der Waals surface area contributed by atoms with E-state index in [1.807, 2.05) is 53.1 Å². The summed E-state index contributed by atoms with van der Waals surface area (Å²) in [5.74, 6) is 0.927. The van der Waals surface area contributed by atoms with Gasteiger partial charge in [0.15, 0.2) is 5.65 Å². The van der Waals surface area contributed by atoms with Gasteiger partial charge in [0, 0.05) is 24.2 Å². The molecule has 1 aliphatic rings. The highest BCUT2D eigenvalue weighted by Gasteiger charge is 2.45. The predicted octanol–water partition coefficient (Wildman–Crippen LogP) is 3.16. The van der Waals surface area contributed by atoms with E-state index >= 15 is 0 Å². The molecule has 1 fully saturated rings. The average molecular weight is 355 g/mol. The number of benzene rings is 1. The van der Waals surface area contributed by atoms with Crippen LogP contribution in [-0.2, 0) is 16.6 Å². The zero-order valence-corrected chi connectivity index (χ0v) is 14.5. The van der Waals surface area contributed by atoms with Crippen LogP contribution < -0.4 is 5.32 Å². The molecular formula is C19H19ClN4O. The van der Waals surface area contributed by atoms with Crippen LogP contribution in [0.2, 0.25) is 5.02 Å². The molecule has 1 aromatic carbocycles. The van der Waals surface area contributed by atoms with E-state index in [0.29, 0.717) is 18.0 Å². The van der Waals surface area contributed by atoms with Crippen molar-refractivity contribution in [3.8, 4) is 0 Å². The maximum atomic E-state index is 12.9. The van der Waals surface area contributed by atoms with E-state index in [9.17, 15) is 4.79 Å². The lowest BCUT2D eigenvalue weighted by Crippen LogP contribution is -2.49. The summed E-state index contributed by atoms with van der Waals surface area (Å²) in [4.78, 5) is 12.9. The molecule has 128 valence electrons. The number of hydrogen-bond acceptors (Lipinski definition) is 3. The summed E-state index contributed by atoms with van der Waals surface area (Å²) in [7, 11) is 0. The van der Waals surface area contributed by atoms with Gasteiger partial charge in [-0.3, -0.25) is 9.20 Å². The Morgan fingerprint density at radius 3 is 2.84 bits per heavy atom. The molecule has 3 aromatic rings. The third-order valence-electron chi connectivity index (χ3n) is 5.04. The zero-order chi connectivity index (χ0) is 17.3. The summed E-state index contributed by atoms with van der Waals surface area (Å²) < 4.78 is 1.95. The summed E-state index contributed by atoms with van der Waals surface area (Å²) in [5, 5.41) is 12.1. The third-order valence-corrected chi connectivity index (χ3v) is 5.27. The number of nitrogens with one attached hydrogen (secondary N) is 1. The van der Waals surface area contributed by atoms with Gasteiger partial charge in [0.2, 0.25) is 5.91 Å². The van der Waals surface area contributed by atoms with Gasteiger partial charge in [0.25, 0.3) is 0 Å². The molecule has 4 rings (SSSR count). The molecule has 2 heterocycles. The number of carbonyl (C=O) groups excluding carboxylic acids is 1. The van der Waals surface area contributed by atoms with Gasteiger partial charge in [-0.05, 0) is 42.7 Å². The molecule has 0 bridgehead atoms. The van der Waals surface area contributed by atoms with Crippen molar-refractivity contribution in [3.63, 3.8) is 0 Å². The van der Waals surface area contributed by atoms with Gasteiger partial charge in [0.1, 0.15) is 5.82 Å². The van der Waals surface area contributed by atoms with Crippen LogP contribution in [-0.4, -0.2) is 27.0 Å². The molecule has 6 heteroatoms. The summed E-state index contributed by atoms with van der Waals surface area (Å²) in [5.41, 5.74) is 1.40. The summed E-state index contributed by atoms with van der Waals surface area (Å²) >= 11 is 6.11. The van der Waals surface area contributed by atoms with E-state index in [2.05, 4.69) is 15.5 Å². The summed E-state index contributed by atoms with van der Waals surface area (Å²) in [6.45, 7) is 0.539. The molecule has 0 saturated heterocycles. The average Bonchev–Trinajstić information content (AvgIpc) is 2.97. The number of aromatic nitrogens is 3. The quantitative estimate of drug-likeness (QED) is 0.765. The smallest absolute Gasteiger partial charge is 0.230 e. The Bertz CT molecular complexity index is 916. The maximum absolute atomic E-state index is 12.9. The lowest BCUT2D eigenvalue weighted by molar-refractivity contribution is -0.129. The number of halogens is 1. The van der Waals surface area contributed by atoms with Crippen molar-refractivity contribution in [2.45, 2.75) is 31.1 Å². The highest BCUT2D eigenvalue weighted by atomic mass is 35.5. The lowest BCUT2D eigenvalue weighted by Gasteiger charge is -2.40. The van der Waals surface area contributed by atoms with Crippen LogP contribution in [0.3, 0.4) is 0 Å². The number of amides is 1. The number of carbonyl (C=O) groups is 1. The second kappa shape index (κ2) is 6.48. The fraction of sp³-hybridized carbons (Fsp3) is 0.316. The van der Waals surface area contributed by atoms with Crippen LogP contribution in [0.4, 0.5) is 0 Å². The van der Waals surface area contributed by atoms with E-state index in [0.717, 1.165) is 36.3 Å². The van der Waals surface area contributed by atoms with Crippen LogP contribution in [0.25, 0.3) is 5.65 Å². The van der Waals surface area contributed by atoms with Crippen molar-refractivity contribution in [3.05, 3.63) is 65.1 Å². The van der Waals surface area contributed by atoms with Gasteiger partial charge in [-0.15, -0.1) is 10.2 Å². The first-order chi connectivity index (χ1) is 12.2. The maximum Gasteiger partial charge on any atom is 0.230 e. The molecule has 1 aliphatic carbocycles. The van der Waals surface area contributed by atoms with Crippen molar-refractivity contribution >= 4 is 23.2 Å². The molecule has 25 heavy (non-hydrogen) atoms. The van der Waals surface area contributed by atoms with Crippen LogP contribution in [0, 0.1) is 0 Å². The van der Waals surface area contributed by atoms with Gasteiger partial charge < -0.3 is 5.32 Å². The predicted molar refractivity (Wildman–Crippen MR) is 96.7 cm³/mol. The molecule has 0 radical (unpaired) electrons. The molecule has 5 nitrogen and oxygen atoms in total. The standard InChI is InChI=1S/C19H19ClN4O/c20-15-6-3-5-14(13-15)19(9-4-10-19)18(25)21-11-8-17-23-22-16-7-1-2-12-24(16)17/h1-3,5-7,12-13H,4,8-11H2,(H,21,25). The summed E-state index contributed by atoms with van der Waals surface area (Å²) in [6, 6.07) is 13.4. The summed E-state index contributed by atoms with van der Waals surface area (Å²) in [6.07, 6.45) is 5.38. The molecule has 0 spiro atoms. The van der Waals surface area contributed by atoms with Crippen LogP contribution in [0.5, 0.6) is 0 Å². The molecule has 1 saturated carbocycles. The second-order valence-electron chi connectivity index (χ2n) is 6.50. The van der Waals surface area contributed by atoms with E-state index in [1.165, 1.54) is 0 Å². The van der Waals surface area contributed by atoms with Gasteiger partial charge in [0.05, 0.1) is 5.41 Å². The third kappa shape index (κ3) is 2.89. The molecule has 2 aromatic heterocycles. The number of rotatable bonds is 5. The van der Waals surface area contributed by atoms with Crippen LogP contribution in [0.15, 0.2) is 48.7 Å². The highest BCUT2D eigenvalue weighted by molar-refractivity contribution is 6.30. The molecule has 0 atom stereocenters. The molecule has 0 unspecified atom stereocenters. The van der Waals surface area contributed by atoms with Gasteiger partial charge in [-0.1, -0.05) is 36.2 Å². The van der Waals surface area contributed by atoms with Crippen molar-refractivity contribution < 1.29 is 4.79 Å². The molecular weight excluding hydrogens is 336 g/mol. The van der Waals surface area contributed by atoms with E-state index in [1.54, 1.807) is 0 Å². The van der Waals surface area contributed by atoms with Gasteiger partial charge in [-0.2, -0.15) is 0 Å². The van der Waals surface area contributed by atoms with Gasteiger partial charge >= 0.3 is 0 Å². The Morgan fingerprint density at radius 1 is 1.20 bits per heavy atom. The highest BCUT2D eigenvalue weighted by Crippen LogP contribution is 2.44. The fourth-order valence-corrected chi connectivity index (χ4v) is 3.67. The number of hydrogen-bond donors (Lipinski definition) is 1. The normalized spacial score (nSPS) is 15.7.